The molecule has 2 aromatic rings. The van der Waals surface area contributed by atoms with Crippen molar-refractivity contribution in [2.45, 2.75) is 32.7 Å². The molecule has 1 atom stereocenters. The molecular formula is C17H21N5O3S. The SMILES string of the molecule is Cc1nc(C(C)C)sc1C(=O)N1CCN(c2ncccn2)C[C@@H]1C(=O)O. The number of hydrogen-bond donors (Lipinski definition) is 1. The third kappa shape index (κ3) is 3.52. The number of aryl methyl sites for hydroxylation is 1. The molecular weight excluding hydrogens is 354 g/mol. The first-order chi connectivity index (χ1) is 12.4. The van der Waals surface area contributed by atoms with E-state index in [-0.39, 0.29) is 18.4 Å². The quantitative estimate of drug-likeness (QED) is 0.869. The van der Waals surface area contributed by atoms with Crippen LogP contribution in [0.5, 0.6) is 0 Å². The molecule has 1 fully saturated rings. The van der Waals surface area contributed by atoms with Crippen LogP contribution in [0.15, 0.2) is 18.5 Å². The van der Waals surface area contributed by atoms with Gasteiger partial charge in [0.15, 0.2) is 0 Å². The highest BCUT2D eigenvalue weighted by molar-refractivity contribution is 7.13. The molecule has 3 heterocycles. The van der Waals surface area contributed by atoms with Crippen molar-refractivity contribution in [3.63, 3.8) is 0 Å². The van der Waals surface area contributed by atoms with E-state index < -0.39 is 12.0 Å². The van der Waals surface area contributed by atoms with Crippen molar-refractivity contribution in [1.82, 2.24) is 19.9 Å². The lowest BCUT2D eigenvalue weighted by molar-refractivity contribution is -0.142. The minimum atomic E-state index is -1.04. The van der Waals surface area contributed by atoms with Gasteiger partial charge in [-0.1, -0.05) is 13.8 Å². The van der Waals surface area contributed by atoms with Crippen molar-refractivity contribution in [3.05, 3.63) is 34.0 Å². The summed E-state index contributed by atoms with van der Waals surface area (Å²) >= 11 is 1.35. The van der Waals surface area contributed by atoms with Crippen LogP contribution in [0.25, 0.3) is 0 Å². The molecule has 1 aliphatic heterocycles. The lowest BCUT2D eigenvalue weighted by atomic mass is 10.1. The zero-order chi connectivity index (χ0) is 18.8. The summed E-state index contributed by atoms with van der Waals surface area (Å²) in [4.78, 5) is 41.3. The van der Waals surface area contributed by atoms with E-state index >= 15 is 0 Å². The van der Waals surface area contributed by atoms with Gasteiger partial charge in [0, 0.05) is 31.4 Å². The summed E-state index contributed by atoms with van der Waals surface area (Å²) in [5.74, 6) is -0.609. The van der Waals surface area contributed by atoms with E-state index in [1.807, 2.05) is 13.8 Å². The number of piperazine rings is 1. The molecule has 0 saturated carbocycles. The van der Waals surface area contributed by atoms with Crippen LogP contribution in [0, 0.1) is 6.92 Å². The van der Waals surface area contributed by atoms with Gasteiger partial charge in [0.25, 0.3) is 5.91 Å². The van der Waals surface area contributed by atoms with Gasteiger partial charge in [-0.2, -0.15) is 0 Å². The summed E-state index contributed by atoms with van der Waals surface area (Å²) in [6, 6.07) is 0.751. The molecule has 1 amide bonds. The van der Waals surface area contributed by atoms with Crippen molar-refractivity contribution in [2.24, 2.45) is 0 Å². The predicted octanol–water partition coefficient (Wildman–Crippen LogP) is 1.78. The van der Waals surface area contributed by atoms with E-state index in [0.717, 1.165) is 5.01 Å². The molecule has 0 unspecified atom stereocenters. The van der Waals surface area contributed by atoms with Gasteiger partial charge < -0.3 is 14.9 Å². The summed E-state index contributed by atoms with van der Waals surface area (Å²) in [6.07, 6.45) is 3.23. The summed E-state index contributed by atoms with van der Waals surface area (Å²) < 4.78 is 0. The maximum Gasteiger partial charge on any atom is 0.328 e. The molecule has 1 N–H and O–H groups in total. The van der Waals surface area contributed by atoms with E-state index in [9.17, 15) is 14.7 Å². The highest BCUT2D eigenvalue weighted by Gasteiger charge is 2.37. The lowest BCUT2D eigenvalue weighted by Gasteiger charge is -2.39. The molecule has 3 rings (SSSR count). The summed E-state index contributed by atoms with van der Waals surface area (Å²) in [6.45, 7) is 6.76. The Bertz CT molecular complexity index is 808. The number of nitrogens with zero attached hydrogens (tertiary/aromatic N) is 5. The zero-order valence-corrected chi connectivity index (χ0v) is 15.7. The monoisotopic (exact) mass is 375 g/mol. The van der Waals surface area contributed by atoms with Gasteiger partial charge in [0.05, 0.1) is 17.2 Å². The number of carbonyl (C=O) groups excluding carboxylic acids is 1. The number of anilines is 1. The van der Waals surface area contributed by atoms with Crippen LogP contribution in [-0.4, -0.2) is 62.5 Å². The number of aromatic nitrogens is 3. The summed E-state index contributed by atoms with van der Waals surface area (Å²) in [5.41, 5.74) is 0.654. The Morgan fingerprint density at radius 1 is 1.27 bits per heavy atom. The smallest absolute Gasteiger partial charge is 0.328 e. The van der Waals surface area contributed by atoms with Gasteiger partial charge in [-0.15, -0.1) is 11.3 Å². The van der Waals surface area contributed by atoms with E-state index in [0.29, 0.717) is 29.6 Å². The molecule has 0 aromatic carbocycles. The number of hydrogen-bond acceptors (Lipinski definition) is 7. The molecule has 0 bridgehead atoms. The first kappa shape index (κ1) is 18.2. The first-order valence-electron chi connectivity index (χ1n) is 8.41. The Balaban J connectivity index is 1.83. The molecule has 8 nitrogen and oxygen atoms in total. The third-order valence-electron chi connectivity index (χ3n) is 4.26. The van der Waals surface area contributed by atoms with E-state index in [1.54, 1.807) is 30.3 Å². The fraction of sp³-hybridized carbons (Fsp3) is 0.471. The average Bonchev–Trinajstić information content (AvgIpc) is 3.03. The third-order valence-corrected chi connectivity index (χ3v) is 5.71. The molecule has 2 aromatic heterocycles. The van der Waals surface area contributed by atoms with Crippen LogP contribution >= 0.6 is 11.3 Å². The van der Waals surface area contributed by atoms with Crippen molar-refractivity contribution in [2.75, 3.05) is 24.5 Å². The maximum atomic E-state index is 13.0. The largest absolute Gasteiger partial charge is 0.480 e. The number of aliphatic carboxylic acids is 1. The van der Waals surface area contributed by atoms with Crippen LogP contribution in [0.4, 0.5) is 5.95 Å². The van der Waals surface area contributed by atoms with E-state index in [1.165, 1.54) is 16.2 Å². The topological polar surface area (TPSA) is 99.5 Å². The highest BCUT2D eigenvalue weighted by atomic mass is 32.1. The second kappa shape index (κ2) is 7.36. The van der Waals surface area contributed by atoms with Crippen LogP contribution in [0.2, 0.25) is 0 Å². The van der Waals surface area contributed by atoms with Crippen molar-refractivity contribution in [3.8, 4) is 0 Å². The fourth-order valence-corrected chi connectivity index (χ4v) is 3.89. The Hall–Kier alpha value is -2.55. The number of rotatable bonds is 4. The maximum absolute atomic E-state index is 13.0. The van der Waals surface area contributed by atoms with Gasteiger partial charge >= 0.3 is 5.97 Å². The fourth-order valence-electron chi connectivity index (χ4n) is 2.87. The van der Waals surface area contributed by atoms with Crippen molar-refractivity contribution in [1.29, 1.82) is 0 Å². The second-order valence-electron chi connectivity index (χ2n) is 6.47. The molecule has 0 spiro atoms. The van der Waals surface area contributed by atoms with Crippen LogP contribution in [0.1, 0.15) is 40.1 Å². The average molecular weight is 375 g/mol. The van der Waals surface area contributed by atoms with E-state index in [2.05, 4.69) is 15.0 Å². The number of thiazole rings is 1. The molecule has 0 aliphatic carbocycles. The van der Waals surface area contributed by atoms with E-state index in [4.69, 9.17) is 0 Å². The zero-order valence-electron chi connectivity index (χ0n) is 14.9. The Kier molecular flexibility index (Phi) is 5.17. The molecule has 138 valence electrons. The van der Waals surface area contributed by atoms with Gasteiger partial charge in [-0.3, -0.25) is 4.79 Å². The van der Waals surface area contributed by atoms with Crippen molar-refractivity contribution >= 4 is 29.2 Å². The van der Waals surface area contributed by atoms with Gasteiger partial charge in [0.2, 0.25) is 5.95 Å². The van der Waals surface area contributed by atoms with Crippen LogP contribution < -0.4 is 4.90 Å². The van der Waals surface area contributed by atoms with Gasteiger partial charge in [-0.05, 0) is 13.0 Å². The standard InChI is InChI=1S/C17H21N5O3S/c1-10(2)14-20-11(3)13(26-14)15(23)22-8-7-21(9-12(22)16(24)25)17-18-5-4-6-19-17/h4-6,10,12H,7-9H2,1-3H3,(H,24,25)/t12-/m1/s1. The molecule has 26 heavy (non-hydrogen) atoms. The molecule has 0 radical (unpaired) electrons. The predicted molar refractivity (Wildman–Crippen MR) is 97.6 cm³/mol. The van der Waals surface area contributed by atoms with Gasteiger partial charge in [0.1, 0.15) is 10.9 Å². The normalized spacial score (nSPS) is 17.6. The van der Waals surface area contributed by atoms with Crippen LogP contribution in [0.3, 0.4) is 0 Å². The summed E-state index contributed by atoms with van der Waals surface area (Å²) in [7, 11) is 0. The molecule has 9 heteroatoms. The molecule has 1 saturated heterocycles. The van der Waals surface area contributed by atoms with Crippen molar-refractivity contribution < 1.29 is 14.7 Å². The van der Waals surface area contributed by atoms with Crippen LogP contribution in [-0.2, 0) is 4.79 Å². The number of carboxylic acids is 1. The number of amides is 1. The minimum Gasteiger partial charge on any atom is -0.480 e. The second-order valence-corrected chi connectivity index (χ2v) is 7.50. The lowest BCUT2D eigenvalue weighted by Crippen LogP contribution is -2.58. The number of carbonyl (C=O) groups is 2. The van der Waals surface area contributed by atoms with Gasteiger partial charge in [-0.25, -0.2) is 19.7 Å². The Morgan fingerprint density at radius 3 is 2.54 bits per heavy atom. The summed E-state index contributed by atoms with van der Waals surface area (Å²) in [5, 5.41) is 10.5. The number of carboxylic acid groups (broad SMARTS) is 1. The minimum absolute atomic E-state index is 0.153. The Morgan fingerprint density at radius 2 is 1.96 bits per heavy atom. The first-order valence-corrected chi connectivity index (χ1v) is 9.23. The molecule has 1 aliphatic rings. The highest BCUT2D eigenvalue weighted by Crippen LogP contribution is 2.27. The Labute approximate surface area is 155 Å².